The summed E-state index contributed by atoms with van der Waals surface area (Å²) in [5, 5.41) is 59.5. The molecule has 2 aliphatic heterocycles. The van der Waals surface area contributed by atoms with E-state index in [4.69, 9.17) is 38.2 Å². The molecule has 0 spiro atoms. The number of alkyl halides is 2. The summed E-state index contributed by atoms with van der Waals surface area (Å²) in [4.78, 5) is 21.6. The number of likely N-dealkylation sites (tertiary alicyclic amines) is 1. The van der Waals surface area contributed by atoms with Gasteiger partial charge < -0.3 is 45.6 Å². The maximum absolute atomic E-state index is 15.4. The van der Waals surface area contributed by atoms with Gasteiger partial charge >= 0.3 is 6.09 Å². The number of ether oxygens (including phenoxy) is 1. The van der Waals surface area contributed by atoms with Crippen LogP contribution in [0.5, 0.6) is 0 Å². The van der Waals surface area contributed by atoms with Crippen LogP contribution in [0, 0.1) is 0 Å². The molecule has 0 bridgehead atoms. The van der Waals surface area contributed by atoms with E-state index in [1.807, 2.05) is 0 Å². The van der Waals surface area contributed by atoms with Gasteiger partial charge in [-0.1, -0.05) is 23.2 Å². The SMILES string of the molecule is CC(C)(C)OC(=O)N1CCC(F)(c2ncc([C@H](O)[C@@H](O)CO)cc2Cl)CC1.Cl.OC[C@H](O)[C@@H](O)c1cnc(C2(F)CCNCC2)c(Cl)c1. The molecule has 48 heavy (non-hydrogen) atoms. The highest BCUT2D eigenvalue weighted by Crippen LogP contribution is 2.41. The van der Waals surface area contributed by atoms with Gasteiger partial charge in [-0.25, -0.2) is 13.6 Å². The van der Waals surface area contributed by atoms with E-state index < -0.39 is 60.7 Å². The van der Waals surface area contributed by atoms with Gasteiger partial charge in [0.2, 0.25) is 0 Å². The van der Waals surface area contributed by atoms with E-state index in [-0.39, 0.29) is 70.9 Å². The molecule has 4 atom stereocenters. The summed E-state index contributed by atoms with van der Waals surface area (Å²) in [6, 6.07) is 2.71. The Hall–Kier alpha value is -1.98. The summed E-state index contributed by atoms with van der Waals surface area (Å²) in [7, 11) is 0. The number of piperidine rings is 2. The molecule has 2 aromatic heterocycles. The normalized spacial score (nSPS) is 19.9. The number of nitrogens with zero attached hydrogens (tertiary/aromatic N) is 3. The van der Waals surface area contributed by atoms with Crippen LogP contribution in [-0.2, 0) is 16.1 Å². The molecule has 0 saturated carbocycles. The molecule has 4 heterocycles. The molecular weight excluding hydrogens is 701 g/mol. The van der Waals surface area contributed by atoms with Crippen LogP contribution in [0.4, 0.5) is 13.6 Å². The molecule has 1 amide bonds. The molecule has 17 heteroatoms. The van der Waals surface area contributed by atoms with Crippen molar-refractivity contribution in [1.82, 2.24) is 20.2 Å². The first-order chi connectivity index (χ1) is 21.9. The van der Waals surface area contributed by atoms with Crippen molar-refractivity contribution >= 4 is 41.7 Å². The fraction of sp³-hybridized carbons (Fsp3) is 0.645. The van der Waals surface area contributed by atoms with Crippen LogP contribution < -0.4 is 5.32 Å². The Morgan fingerprint density at radius 2 is 1.27 bits per heavy atom. The lowest BCUT2D eigenvalue weighted by atomic mass is 9.89. The molecular formula is C31H45Cl3F2N4O8. The van der Waals surface area contributed by atoms with Crippen LogP contribution >= 0.6 is 35.6 Å². The van der Waals surface area contributed by atoms with Crippen molar-refractivity contribution < 1.29 is 49.0 Å². The number of carbonyl (C=O) groups excluding carboxylic acids is 1. The van der Waals surface area contributed by atoms with Gasteiger partial charge in [0.25, 0.3) is 0 Å². The molecule has 12 nitrogen and oxygen atoms in total. The number of aliphatic hydroxyl groups is 6. The van der Waals surface area contributed by atoms with Crippen molar-refractivity contribution in [3.63, 3.8) is 0 Å². The summed E-state index contributed by atoms with van der Waals surface area (Å²) < 4.78 is 35.5. The minimum Gasteiger partial charge on any atom is -0.444 e. The number of pyridine rings is 2. The van der Waals surface area contributed by atoms with Crippen LogP contribution in [0.1, 0.15) is 81.2 Å². The van der Waals surface area contributed by atoms with Gasteiger partial charge in [-0.3, -0.25) is 9.97 Å². The van der Waals surface area contributed by atoms with E-state index in [0.717, 1.165) is 0 Å². The van der Waals surface area contributed by atoms with Crippen LogP contribution in [-0.4, -0.2) is 109 Å². The third-order valence-electron chi connectivity index (χ3n) is 7.96. The molecule has 2 saturated heterocycles. The maximum atomic E-state index is 15.4. The number of hydrogen-bond donors (Lipinski definition) is 7. The van der Waals surface area contributed by atoms with Crippen molar-refractivity contribution in [1.29, 1.82) is 0 Å². The van der Waals surface area contributed by atoms with Crippen LogP contribution in [0.15, 0.2) is 24.5 Å². The minimum atomic E-state index is -1.81. The van der Waals surface area contributed by atoms with E-state index in [2.05, 4.69) is 15.3 Å². The van der Waals surface area contributed by atoms with Crippen molar-refractivity contribution in [2.75, 3.05) is 39.4 Å². The summed E-state index contributed by atoms with van der Waals surface area (Å²) in [5.41, 5.74) is -3.38. The Labute approximate surface area is 294 Å². The van der Waals surface area contributed by atoms with Crippen LogP contribution in [0.25, 0.3) is 0 Å². The zero-order chi connectivity index (χ0) is 35.2. The molecule has 7 N–H and O–H groups in total. The van der Waals surface area contributed by atoms with Gasteiger partial charge in [0.15, 0.2) is 11.3 Å². The van der Waals surface area contributed by atoms with E-state index in [9.17, 15) is 29.6 Å². The van der Waals surface area contributed by atoms with Crippen LogP contribution in [0.2, 0.25) is 10.0 Å². The van der Waals surface area contributed by atoms with E-state index in [1.165, 1.54) is 29.4 Å². The second-order valence-corrected chi connectivity index (χ2v) is 13.6. The first-order valence-corrected chi connectivity index (χ1v) is 16.0. The number of nitrogens with one attached hydrogen (secondary N) is 1. The smallest absolute Gasteiger partial charge is 0.410 e. The number of hydrogen-bond acceptors (Lipinski definition) is 11. The molecule has 0 unspecified atom stereocenters. The quantitative estimate of drug-likeness (QED) is 0.210. The van der Waals surface area contributed by atoms with Gasteiger partial charge in [0.1, 0.15) is 30.0 Å². The molecule has 0 aromatic carbocycles. The highest BCUT2D eigenvalue weighted by atomic mass is 35.5. The zero-order valence-corrected chi connectivity index (χ0v) is 29.3. The fourth-order valence-electron chi connectivity index (χ4n) is 5.20. The monoisotopic (exact) mass is 744 g/mol. The van der Waals surface area contributed by atoms with Crippen molar-refractivity contribution in [2.45, 2.75) is 87.8 Å². The minimum absolute atomic E-state index is 0. The number of amides is 1. The third kappa shape index (κ3) is 10.8. The summed E-state index contributed by atoms with van der Waals surface area (Å²) in [6.45, 7) is 5.52. The Kier molecular flexibility index (Phi) is 15.6. The topological polar surface area (TPSA) is 189 Å². The highest BCUT2D eigenvalue weighted by molar-refractivity contribution is 6.31. The second kappa shape index (κ2) is 17.8. The molecule has 0 radical (unpaired) electrons. The molecule has 272 valence electrons. The summed E-state index contributed by atoms with van der Waals surface area (Å²) in [5.74, 6) is 0. The van der Waals surface area contributed by atoms with Gasteiger partial charge in [0.05, 0.1) is 34.6 Å². The number of aliphatic hydroxyl groups excluding tert-OH is 6. The average molecular weight is 746 g/mol. The lowest BCUT2D eigenvalue weighted by Gasteiger charge is -2.37. The van der Waals surface area contributed by atoms with Gasteiger partial charge in [-0.2, -0.15) is 0 Å². The summed E-state index contributed by atoms with van der Waals surface area (Å²) >= 11 is 12.2. The standard InChI is InChI=1S/C18H26ClFN2O5.C13H18ClFN2O3.ClH/c1-17(2,3)27-16(26)22-6-4-18(20,5-7-22)15-12(19)8-11(9-21-15)14(25)13(24)10-23;14-9-5-8(11(20)10(19)7-18)6-17-12(9)13(15)1-3-16-4-2-13;/h8-9,13-14,23-25H,4-7,10H2,1-3H3;5-6,10-11,16,18-20H,1-4,7H2;1H/t13-,14-;10-,11-;/m00./s1. The predicted octanol–water partition coefficient (Wildman–Crippen LogP) is 3.41. The first kappa shape index (κ1) is 42.2. The molecule has 2 aromatic rings. The van der Waals surface area contributed by atoms with Crippen molar-refractivity contribution in [3.05, 3.63) is 57.1 Å². The van der Waals surface area contributed by atoms with Crippen LogP contribution in [0.3, 0.4) is 0 Å². The Morgan fingerprint density at radius 1 is 0.875 bits per heavy atom. The molecule has 0 aliphatic carbocycles. The number of halogens is 5. The molecule has 2 fully saturated rings. The van der Waals surface area contributed by atoms with Gasteiger partial charge in [-0.05, 0) is 58.8 Å². The van der Waals surface area contributed by atoms with Gasteiger partial charge in [0, 0.05) is 49.5 Å². The summed E-state index contributed by atoms with van der Waals surface area (Å²) in [6.07, 6.45) is -2.74. The molecule has 2 aliphatic rings. The Balaban J connectivity index is 0.000000340. The van der Waals surface area contributed by atoms with E-state index >= 15 is 4.39 Å². The Bertz CT molecular complexity index is 1350. The first-order valence-electron chi connectivity index (χ1n) is 15.3. The highest BCUT2D eigenvalue weighted by Gasteiger charge is 2.41. The average Bonchev–Trinajstić information content (AvgIpc) is 3.03. The second-order valence-electron chi connectivity index (χ2n) is 12.7. The van der Waals surface area contributed by atoms with Gasteiger partial charge in [-0.15, -0.1) is 12.4 Å². The van der Waals surface area contributed by atoms with E-state index in [1.54, 1.807) is 20.8 Å². The van der Waals surface area contributed by atoms with Crippen molar-refractivity contribution in [2.24, 2.45) is 0 Å². The lowest BCUT2D eigenvalue weighted by molar-refractivity contribution is -0.0156. The van der Waals surface area contributed by atoms with Crippen molar-refractivity contribution in [3.8, 4) is 0 Å². The fourth-order valence-corrected chi connectivity index (χ4v) is 5.89. The zero-order valence-electron chi connectivity index (χ0n) is 27.0. The number of aromatic nitrogens is 2. The maximum Gasteiger partial charge on any atom is 0.410 e. The molecule has 4 rings (SSSR count). The number of carbonyl (C=O) groups is 1. The van der Waals surface area contributed by atoms with E-state index in [0.29, 0.717) is 25.9 Å². The number of rotatable bonds is 8. The lowest BCUT2D eigenvalue weighted by Crippen LogP contribution is -2.45. The third-order valence-corrected chi connectivity index (χ3v) is 8.54. The largest absolute Gasteiger partial charge is 0.444 e. The predicted molar refractivity (Wildman–Crippen MR) is 177 cm³/mol. The Morgan fingerprint density at radius 3 is 1.62 bits per heavy atom.